The minimum Gasteiger partial charge on any atom is -0.465 e. The van der Waals surface area contributed by atoms with Crippen molar-refractivity contribution in [1.29, 1.82) is 0 Å². The summed E-state index contributed by atoms with van der Waals surface area (Å²) in [7, 11) is 1.27. The molecule has 0 saturated carbocycles. The number of rotatable bonds is 4. The summed E-state index contributed by atoms with van der Waals surface area (Å²) < 4.78 is 31.2. The summed E-state index contributed by atoms with van der Waals surface area (Å²) >= 11 is 0. The van der Waals surface area contributed by atoms with Crippen LogP contribution in [0.25, 0.3) is 0 Å². The molecule has 23 heavy (non-hydrogen) atoms. The van der Waals surface area contributed by atoms with Crippen molar-refractivity contribution in [2.45, 2.75) is 13.0 Å². The van der Waals surface area contributed by atoms with E-state index in [1.165, 1.54) is 37.4 Å². The topological polar surface area (TPSA) is 55.4 Å². The van der Waals surface area contributed by atoms with Gasteiger partial charge >= 0.3 is 5.97 Å². The number of carbonyl (C=O) groups excluding carboxylic acids is 2. The molecule has 0 heterocycles. The summed E-state index contributed by atoms with van der Waals surface area (Å²) in [5.41, 5.74) is 0.819. The number of hydrogen-bond acceptors (Lipinski definition) is 3. The molecule has 0 spiro atoms. The molecule has 0 aliphatic heterocycles. The van der Waals surface area contributed by atoms with Crippen LogP contribution in [-0.2, 0) is 4.74 Å². The second kappa shape index (κ2) is 7.00. The van der Waals surface area contributed by atoms with Gasteiger partial charge in [-0.2, -0.15) is 0 Å². The van der Waals surface area contributed by atoms with Crippen molar-refractivity contribution in [2.24, 2.45) is 0 Å². The average molecular weight is 319 g/mol. The van der Waals surface area contributed by atoms with Crippen molar-refractivity contribution in [1.82, 2.24) is 5.32 Å². The molecule has 2 aromatic rings. The van der Waals surface area contributed by atoms with Crippen molar-refractivity contribution >= 4 is 11.9 Å². The highest BCUT2D eigenvalue weighted by Crippen LogP contribution is 2.18. The number of carbonyl (C=O) groups is 2. The van der Waals surface area contributed by atoms with Gasteiger partial charge in [-0.05, 0) is 37.3 Å². The Hall–Kier alpha value is -2.76. The van der Waals surface area contributed by atoms with Gasteiger partial charge in [-0.1, -0.05) is 6.07 Å². The second-order valence-corrected chi connectivity index (χ2v) is 4.93. The Kier molecular flexibility index (Phi) is 5.05. The highest BCUT2D eigenvalue weighted by molar-refractivity contribution is 5.96. The molecule has 1 amide bonds. The van der Waals surface area contributed by atoms with E-state index in [0.29, 0.717) is 11.1 Å². The van der Waals surface area contributed by atoms with E-state index in [0.717, 1.165) is 12.1 Å². The Morgan fingerprint density at radius 3 is 2.22 bits per heavy atom. The smallest absolute Gasteiger partial charge is 0.337 e. The predicted octanol–water partition coefficient (Wildman–Crippen LogP) is 3.24. The van der Waals surface area contributed by atoms with Crippen LogP contribution in [0.4, 0.5) is 8.78 Å². The van der Waals surface area contributed by atoms with Gasteiger partial charge in [-0.25, -0.2) is 13.6 Å². The SMILES string of the molecule is COC(=O)c1ccc(C(=O)N[C@@H](C)c2ccc(F)cc2F)cc1. The first-order chi connectivity index (χ1) is 10.9. The lowest BCUT2D eigenvalue weighted by Crippen LogP contribution is -2.27. The van der Waals surface area contributed by atoms with Gasteiger partial charge in [0.05, 0.1) is 18.7 Å². The average Bonchev–Trinajstić information content (AvgIpc) is 2.54. The molecule has 0 aromatic heterocycles. The molecule has 0 fully saturated rings. The zero-order valence-corrected chi connectivity index (χ0v) is 12.6. The van der Waals surface area contributed by atoms with Crippen molar-refractivity contribution in [3.8, 4) is 0 Å². The first kappa shape index (κ1) is 16.6. The maximum Gasteiger partial charge on any atom is 0.337 e. The third kappa shape index (κ3) is 3.91. The first-order valence-electron chi connectivity index (χ1n) is 6.86. The third-order valence-electron chi connectivity index (χ3n) is 3.34. The minimum atomic E-state index is -0.723. The van der Waals surface area contributed by atoms with E-state index in [1.807, 2.05) is 0 Å². The molecule has 1 atom stereocenters. The van der Waals surface area contributed by atoms with Crippen molar-refractivity contribution in [3.05, 3.63) is 70.8 Å². The van der Waals surface area contributed by atoms with Crippen LogP contribution < -0.4 is 5.32 Å². The molecule has 120 valence electrons. The second-order valence-electron chi connectivity index (χ2n) is 4.93. The van der Waals surface area contributed by atoms with Gasteiger partial charge < -0.3 is 10.1 Å². The van der Waals surface area contributed by atoms with Gasteiger partial charge in [0, 0.05) is 17.2 Å². The summed E-state index contributed by atoms with van der Waals surface area (Å²) in [6.07, 6.45) is 0. The summed E-state index contributed by atoms with van der Waals surface area (Å²) in [6, 6.07) is 8.41. The van der Waals surface area contributed by atoms with Crippen LogP contribution in [0.1, 0.15) is 39.2 Å². The molecule has 4 nitrogen and oxygen atoms in total. The fourth-order valence-electron chi connectivity index (χ4n) is 2.09. The Labute approximate surface area is 132 Å². The molecular formula is C17H15F2NO3. The largest absolute Gasteiger partial charge is 0.465 e. The minimum absolute atomic E-state index is 0.186. The first-order valence-corrected chi connectivity index (χ1v) is 6.86. The van der Waals surface area contributed by atoms with Gasteiger partial charge in [0.2, 0.25) is 0 Å². The number of esters is 1. The van der Waals surface area contributed by atoms with Crippen LogP contribution in [0.5, 0.6) is 0 Å². The molecule has 0 unspecified atom stereocenters. The molecular weight excluding hydrogens is 304 g/mol. The monoisotopic (exact) mass is 319 g/mol. The van der Waals surface area contributed by atoms with E-state index in [4.69, 9.17) is 0 Å². The zero-order chi connectivity index (χ0) is 17.0. The third-order valence-corrected chi connectivity index (χ3v) is 3.34. The summed E-state index contributed by atoms with van der Waals surface area (Å²) in [6.45, 7) is 1.59. The van der Waals surface area contributed by atoms with E-state index in [9.17, 15) is 18.4 Å². The Morgan fingerprint density at radius 1 is 1.04 bits per heavy atom. The lowest BCUT2D eigenvalue weighted by molar-refractivity contribution is 0.0600. The fourth-order valence-corrected chi connectivity index (χ4v) is 2.09. The van der Waals surface area contributed by atoms with Gasteiger partial charge in [-0.3, -0.25) is 4.79 Å². The molecule has 0 radical (unpaired) electrons. The number of methoxy groups -OCH3 is 1. The maximum absolute atomic E-state index is 13.7. The van der Waals surface area contributed by atoms with E-state index in [2.05, 4.69) is 10.1 Å². The summed E-state index contributed by atoms with van der Waals surface area (Å²) in [5.74, 6) is -2.33. The van der Waals surface area contributed by atoms with E-state index in [1.54, 1.807) is 6.92 Å². The van der Waals surface area contributed by atoms with Crippen molar-refractivity contribution in [3.63, 3.8) is 0 Å². The predicted molar refractivity (Wildman–Crippen MR) is 80.0 cm³/mol. The van der Waals surface area contributed by atoms with Crippen LogP contribution in [0, 0.1) is 11.6 Å². The lowest BCUT2D eigenvalue weighted by atomic mass is 10.1. The van der Waals surface area contributed by atoms with Crippen LogP contribution in [0.3, 0.4) is 0 Å². The molecule has 2 aromatic carbocycles. The van der Waals surface area contributed by atoms with Gasteiger partial charge in [0.25, 0.3) is 5.91 Å². The van der Waals surface area contributed by atoms with Crippen LogP contribution >= 0.6 is 0 Å². The normalized spacial score (nSPS) is 11.7. The van der Waals surface area contributed by atoms with Crippen molar-refractivity contribution in [2.75, 3.05) is 7.11 Å². The Morgan fingerprint density at radius 2 is 1.65 bits per heavy atom. The molecule has 6 heteroatoms. The maximum atomic E-state index is 13.7. The number of halogens is 2. The number of benzene rings is 2. The van der Waals surface area contributed by atoms with E-state index < -0.39 is 29.6 Å². The van der Waals surface area contributed by atoms with Gasteiger partial charge in [-0.15, -0.1) is 0 Å². The van der Waals surface area contributed by atoms with E-state index in [-0.39, 0.29) is 5.56 Å². The molecule has 0 aliphatic rings. The molecule has 0 saturated heterocycles. The zero-order valence-electron chi connectivity index (χ0n) is 12.6. The Bertz CT molecular complexity index is 729. The lowest BCUT2D eigenvalue weighted by Gasteiger charge is -2.15. The quantitative estimate of drug-likeness (QED) is 0.880. The summed E-state index contributed by atoms with van der Waals surface area (Å²) in [4.78, 5) is 23.5. The highest BCUT2D eigenvalue weighted by Gasteiger charge is 2.16. The number of ether oxygens (including phenoxy) is 1. The summed E-state index contributed by atoms with van der Waals surface area (Å²) in [5, 5.41) is 2.62. The van der Waals surface area contributed by atoms with Gasteiger partial charge in [0.15, 0.2) is 0 Å². The highest BCUT2D eigenvalue weighted by atomic mass is 19.1. The number of hydrogen-bond donors (Lipinski definition) is 1. The van der Waals surface area contributed by atoms with Gasteiger partial charge in [0.1, 0.15) is 11.6 Å². The van der Waals surface area contributed by atoms with Crippen LogP contribution in [-0.4, -0.2) is 19.0 Å². The van der Waals surface area contributed by atoms with E-state index >= 15 is 0 Å². The standard InChI is InChI=1S/C17H15F2NO3/c1-10(14-8-7-13(18)9-15(14)19)20-16(21)11-3-5-12(6-4-11)17(22)23-2/h3-10H,1-2H3,(H,20,21)/t10-/m0/s1. The molecule has 1 N–H and O–H groups in total. The van der Waals surface area contributed by atoms with Crippen molar-refractivity contribution < 1.29 is 23.1 Å². The number of nitrogens with one attached hydrogen (secondary N) is 1. The number of amides is 1. The molecule has 0 aliphatic carbocycles. The van der Waals surface area contributed by atoms with Crippen LogP contribution in [0.15, 0.2) is 42.5 Å². The molecule has 0 bridgehead atoms. The molecule has 2 rings (SSSR count). The van der Waals surface area contributed by atoms with Crippen LogP contribution in [0.2, 0.25) is 0 Å². The Balaban J connectivity index is 2.10. The fraction of sp³-hybridized carbons (Fsp3) is 0.176.